The van der Waals surface area contributed by atoms with Crippen molar-refractivity contribution in [1.82, 2.24) is 5.32 Å². The zero-order valence-corrected chi connectivity index (χ0v) is 15.6. The second-order valence-electron chi connectivity index (χ2n) is 6.21. The Morgan fingerprint density at radius 1 is 0.778 bits per heavy atom. The van der Waals surface area contributed by atoms with Gasteiger partial charge in [0.2, 0.25) is 0 Å². The molecule has 3 aromatic rings. The molecule has 0 bridgehead atoms. The van der Waals surface area contributed by atoms with Crippen molar-refractivity contribution >= 4 is 15.7 Å². The van der Waals surface area contributed by atoms with Crippen molar-refractivity contribution in [3.63, 3.8) is 0 Å². The SMILES string of the molecule is O=C(NC(CCc1ccccc1)S(=O)(=O)c1ccccc1)c1ccccc1. The van der Waals surface area contributed by atoms with Gasteiger partial charge in [-0.25, -0.2) is 8.42 Å². The number of carbonyl (C=O) groups is 1. The number of aryl methyl sites for hydroxylation is 1. The van der Waals surface area contributed by atoms with E-state index in [9.17, 15) is 13.2 Å². The summed E-state index contributed by atoms with van der Waals surface area (Å²) in [5, 5.41) is 1.71. The monoisotopic (exact) mass is 379 g/mol. The first-order valence-corrected chi connectivity index (χ1v) is 10.3. The summed E-state index contributed by atoms with van der Waals surface area (Å²) in [6.07, 6.45) is 0.840. The van der Waals surface area contributed by atoms with Crippen molar-refractivity contribution in [1.29, 1.82) is 0 Å². The summed E-state index contributed by atoms with van der Waals surface area (Å²) in [5.41, 5.74) is 1.46. The summed E-state index contributed by atoms with van der Waals surface area (Å²) in [4.78, 5) is 12.8. The summed E-state index contributed by atoms with van der Waals surface area (Å²) in [6.45, 7) is 0. The Morgan fingerprint density at radius 2 is 1.30 bits per heavy atom. The molecule has 0 aliphatic heterocycles. The van der Waals surface area contributed by atoms with Gasteiger partial charge in [-0.3, -0.25) is 4.79 Å². The van der Waals surface area contributed by atoms with E-state index in [-0.39, 0.29) is 4.90 Å². The summed E-state index contributed by atoms with van der Waals surface area (Å²) >= 11 is 0. The fourth-order valence-corrected chi connectivity index (χ4v) is 4.40. The molecule has 1 N–H and O–H groups in total. The molecule has 0 saturated heterocycles. The second kappa shape index (κ2) is 8.64. The molecular weight excluding hydrogens is 358 g/mol. The molecule has 1 atom stereocenters. The third-order valence-electron chi connectivity index (χ3n) is 4.31. The van der Waals surface area contributed by atoms with Gasteiger partial charge in [0.25, 0.3) is 5.91 Å². The minimum Gasteiger partial charge on any atom is -0.335 e. The Hall–Kier alpha value is -2.92. The quantitative estimate of drug-likeness (QED) is 0.678. The first kappa shape index (κ1) is 18.9. The summed E-state index contributed by atoms with van der Waals surface area (Å²) in [7, 11) is -3.71. The van der Waals surface area contributed by atoms with Crippen molar-refractivity contribution < 1.29 is 13.2 Å². The molecule has 138 valence electrons. The van der Waals surface area contributed by atoms with Crippen molar-refractivity contribution in [3.8, 4) is 0 Å². The van der Waals surface area contributed by atoms with E-state index in [0.29, 0.717) is 18.4 Å². The number of benzene rings is 3. The van der Waals surface area contributed by atoms with Gasteiger partial charge in [0.15, 0.2) is 9.84 Å². The number of nitrogens with one attached hydrogen (secondary N) is 1. The van der Waals surface area contributed by atoms with Gasteiger partial charge in [-0.1, -0.05) is 66.7 Å². The molecule has 1 unspecified atom stereocenters. The second-order valence-corrected chi connectivity index (χ2v) is 8.34. The van der Waals surface area contributed by atoms with E-state index < -0.39 is 21.1 Å². The molecule has 1 amide bonds. The average molecular weight is 379 g/mol. The Labute approximate surface area is 159 Å². The van der Waals surface area contributed by atoms with Gasteiger partial charge in [-0.2, -0.15) is 0 Å². The number of rotatable bonds is 7. The predicted molar refractivity (Wildman–Crippen MR) is 106 cm³/mol. The molecule has 4 nitrogen and oxygen atoms in total. The molecule has 0 aliphatic rings. The Bertz CT molecular complexity index is 972. The highest BCUT2D eigenvalue weighted by Gasteiger charge is 2.29. The van der Waals surface area contributed by atoms with Crippen LogP contribution in [0, 0.1) is 0 Å². The summed E-state index contributed by atoms with van der Waals surface area (Å²) in [5.74, 6) is -0.395. The van der Waals surface area contributed by atoms with Crippen LogP contribution < -0.4 is 5.32 Å². The lowest BCUT2D eigenvalue weighted by Crippen LogP contribution is -2.41. The zero-order chi connectivity index (χ0) is 19.1. The van der Waals surface area contributed by atoms with Crippen LogP contribution in [0.4, 0.5) is 0 Å². The first-order chi connectivity index (χ1) is 13.1. The van der Waals surface area contributed by atoms with Crippen molar-refractivity contribution in [2.75, 3.05) is 0 Å². The van der Waals surface area contributed by atoms with Crippen LogP contribution in [0.2, 0.25) is 0 Å². The largest absolute Gasteiger partial charge is 0.335 e. The number of hydrogen-bond acceptors (Lipinski definition) is 3. The smallest absolute Gasteiger partial charge is 0.252 e. The van der Waals surface area contributed by atoms with Gasteiger partial charge in [-0.05, 0) is 42.7 Å². The topological polar surface area (TPSA) is 63.2 Å². The van der Waals surface area contributed by atoms with E-state index in [2.05, 4.69) is 5.32 Å². The van der Waals surface area contributed by atoms with E-state index in [1.165, 1.54) is 0 Å². The van der Waals surface area contributed by atoms with Crippen molar-refractivity contribution in [2.45, 2.75) is 23.1 Å². The van der Waals surface area contributed by atoms with Crippen LogP contribution in [-0.4, -0.2) is 19.7 Å². The summed E-state index contributed by atoms with van der Waals surface area (Å²) in [6, 6.07) is 26.5. The molecular formula is C22H21NO3S. The number of hydrogen-bond donors (Lipinski definition) is 1. The van der Waals surface area contributed by atoms with Gasteiger partial charge in [-0.15, -0.1) is 0 Å². The fourth-order valence-electron chi connectivity index (χ4n) is 2.84. The molecule has 0 radical (unpaired) electrons. The van der Waals surface area contributed by atoms with Gasteiger partial charge in [0, 0.05) is 5.56 Å². The van der Waals surface area contributed by atoms with Crippen LogP contribution in [-0.2, 0) is 16.3 Å². The predicted octanol–water partition coefficient (Wildman–Crippen LogP) is 3.85. The third kappa shape index (κ3) is 4.83. The van der Waals surface area contributed by atoms with Crippen molar-refractivity contribution in [2.24, 2.45) is 0 Å². The highest BCUT2D eigenvalue weighted by atomic mass is 32.2. The highest BCUT2D eigenvalue weighted by molar-refractivity contribution is 7.92. The van der Waals surface area contributed by atoms with E-state index in [0.717, 1.165) is 5.56 Å². The Morgan fingerprint density at radius 3 is 1.89 bits per heavy atom. The molecule has 0 heterocycles. The van der Waals surface area contributed by atoms with Crippen molar-refractivity contribution in [3.05, 3.63) is 102 Å². The molecule has 0 fully saturated rings. The Balaban J connectivity index is 1.85. The van der Waals surface area contributed by atoms with Crippen LogP contribution >= 0.6 is 0 Å². The fraction of sp³-hybridized carbons (Fsp3) is 0.136. The highest BCUT2D eigenvalue weighted by Crippen LogP contribution is 2.19. The molecule has 0 saturated carbocycles. The summed E-state index contributed by atoms with van der Waals surface area (Å²) < 4.78 is 26.2. The molecule has 0 aliphatic carbocycles. The maximum atomic E-state index is 13.1. The van der Waals surface area contributed by atoms with E-state index >= 15 is 0 Å². The van der Waals surface area contributed by atoms with Gasteiger partial charge in [0.1, 0.15) is 5.37 Å². The average Bonchev–Trinajstić information content (AvgIpc) is 2.73. The van der Waals surface area contributed by atoms with Crippen LogP contribution in [0.1, 0.15) is 22.3 Å². The van der Waals surface area contributed by atoms with Gasteiger partial charge in [0.05, 0.1) is 4.90 Å². The zero-order valence-electron chi connectivity index (χ0n) is 14.8. The van der Waals surface area contributed by atoms with Crippen LogP contribution in [0.15, 0.2) is 95.9 Å². The molecule has 27 heavy (non-hydrogen) atoms. The molecule has 0 spiro atoms. The molecule has 3 rings (SSSR count). The Kier molecular flexibility index (Phi) is 6.04. The minimum absolute atomic E-state index is 0.205. The van der Waals surface area contributed by atoms with E-state index in [1.807, 2.05) is 36.4 Å². The molecule has 3 aromatic carbocycles. The molecule has 5 heteroatoms. The van der Waals surface area contributed by atoms with Gasteiger partial charge < -0.3 is 5.32 Å². The molecule has 0 aromatic heterocycles. The number of amides is 1. The maximum absolute atomic E-state index is 13.1. The maximum Gasteiger partial charge on any atom is 0.252 e. The lowest BCUT2D eigenvalue weighted by atomic mass is 10.1. The van der Waals surface area contributed by atoms with E-state index in [1.54, 1.807) is 54.6 Å². The lowest BCUT2D eigenvalue weighted by molar-refractivity contribution is 0.0947. The van der Waals surface area contributed by atoms with Crippen LogP contribution in [0.5, 0.6) is 0 Å². The lowest BCUT2D eigenvalue weighted by Gasteiger charge is -2.19. The normalized spacial score (nSPS) is 12.3. The van der Waals surface area contributed by atoms with Crippen LogP contribution in [0.25, 0.3) is 0 Å². The van der Waals surface area contributed by atoms with Crippen LogP contribution in [0.3, 0.4) is 0 Å². The first-order valence-electron chi connectivity index (χ1n) is 8.76. The van der Waals surface area contributed by atoms with E-state index in [4.69, 9.17) is 0 Å². The third-order valence-corrected chi connectivity index (χ3v) is 6.34. The number of carbonyl (C=O) groups excluding carboxylic acids is 1. The van der Waals surface area contributed by atoms with Gasteiger partial charge >= 0.3 is 0 Å². The number of sulfone groups is 1. The standard InChI is InChI=1S/C22H21NO3S/c24-22(19-12-6-2-7-13-19)23-21(17-16-18-10-4-1-5-11-18)27(25,26)20-14-8-3-9-15-20/h1-15,21H,16-17H2,(H,23,24). The minimum atomic E-state index is -3.71.